The van der Waals surface area contributed by atoms with E-state index in [2.05, 4.69) is 15.6 Å². The molecule has 0 spiro atoms. The van der Waals surface area contributed by atoms with Crippen molar-refractivity contribution in [3.8, 4) is 5.75 Å². The standard InChI is InChI=1S/C20H20ClN3O/c1-2-22-19-12-16(21)13-23-20(19)24-17-8-10-18(11-9-17)25-14-15-6-4-3-5-7-15/h3-13,22H,2,14H2,1H3,(H,23,24). The van der Waals surface area contributed by atoms with Gasteiger partial charge in [0.15, 0.2) is 5.82 Å². The summed E-state index contributed by atoms with van der Waals surface area (Å²) in [5, 5.41) is 7.15. The third-order valence-corrected chi connectivity index (χ3v) is 3.79. The van der Waals surface area contributed by atoms with E-state index >= 15 is 0 Å². The van der Waals surface area contributed by atoms with E-state index in [4.69, 9.17) is 16.3 Å². The molecule has 25 heavy (non-hydrogen) atoms. The van der Waals surface area contributed by atoms with E-state index in [-0.39, 0.29) is 0 Å². The van der Waals surface area contributed by atoms with Crippen LogP contribution in [0.25, 0.3) is 0 Å². The number of pyridine rings is 1. The van der Waals surface area contributed by atoms with Gasteiger partial charge in [0.1, 0.15) is 12.4 Å². The summed E-state index contributed by atoms with van der Waals surface area (Å²) in [6.45, 7) is 3.38. The van der Waals surface area contributed by atoms with E-state index in [0.717, 1.165) is 35.1 Å². The molecular formula is C20H20ClN3O. The molecule has 2 N–H and O–H groups in total. The van der Waals surface area contributed by atoms with E-state index in [1.807, 2.05) is 67.6 Å². The summed E-state index contributed by atoms with van der Waals surface area (Å²) >= 11 is 6.01. The fraction of sp³-hybridized carbons (Fsp3) is 0.150. The zero-order valence-electron chi connectivity index (χ0n) is 14.0. The Kier molecular flexibility index (Phi) is 5.75. The van der Waals surface area contributed by atoms with Crippen molar-refractivity contribution in [2.75, 3.05) is 17.2 Å². The Labute approximate surface area is 152 Å². The fourth-order valence-corrected chi connectivity index (χ4v) is 2.53. The number of anilines is 3. The Morgan fingerprint density at radius 1 is 1.04 bits per heavy atom. The van der Waals surface area contributed by atoms with Gasteiger partial charge >= 0.3 is 0 Å². The van der Waals surface area contributed by atoms with Crippen LogP contribution in [0.1, 0.15) is 12.5 Å². The molecule has 0 saturated heterocycles. The van der Waals surface area contributed by atoms with Crippen molar-refractivity contribution in [3.05, 3.63) is 77.4 Å². The van der Waals surface area contributed by atoms with Crippen LogP contribution in [0.4, 0.5) is 17.2 Å². The van der Waals surface area contributed by atoms with Gasteiger partial charge in [-0.15, -0.1) is 0 Å². The van der Waals surface area contributed by atoms with E-state index in [0.29, 0.717) is 11.6 Å². The van der Waals surface area contributed by atoms with Gasteiger partial charge in [0.2, 0.25) is 0 Å². The molecule has 0 radical (unpaired) electrons. The van der Waals surface area contributed by atoms with E-state index in [1.165, 1.54) is 0 Å². The molecule has 3 rings (SSSR count). The van der Waals surface area contributed by atoms with Gasteiger partial charge in [0.05, 0.1) is 10.7 Å². The molecule has 128 valence electrons. The predicted molar refractivity (Wildman–Crippen MR) is 104 cm³/mol. The van der Waals surface area contributed by atoms with Crippen LogP contribution >= 0.6 is 11.6 Å². The van der Waals surface area contributed by atoms with Crippen molar-refractivity contribution in [2.45, 2.75) is 13.5 Å². The second-order valence-corrected chi connectivity index (χ2v) is 5.94. The largest absolute Gasteiger partial charge is 0.489 e. The number of halogens is 1. The maximum absolute atomic E-state index is 6.01. The van der Waals surface area contributed by atoms with Gasteiger partial charge in [-0.3, -0.25) is 0 Å². The molecule has 1 heterocycles. The first kappa shape index (κ1) is 17.1. The molecule has 0 aliphatic heterocycles. The van der Waals surface area contributed by atoms with Gasteiger partial charge in [0.25, 0.3) is 0 Å². The van der Waals surface area contributed by atoms with Crippen molar-refractivity contribution in [3.63, 3.8) is 0 Å². The summed E-state index contributed by atoms with van der Waals surface area (Å²) in [6.07, 6.45) is 1.63. The number of aromatic nitrogens is 1. The molecule has 0 aliphatic rings. The summed E-state index contributed by atoms with van der Waals surface area (Å²) in [5.74, 6) is 1.56. The number of hydrogen-bond acceptors (Lipinski definition) is 4. The molecular weight excluding hydrogens is 334 g/mol. The predicted octanol–water partition coefficient (Wildman–Crippen LogP) is 5.49. The lowest BCUT2D eigenvalue weighted by Crippen LogP contribution is -2.03. The van der Waals surface area contributed by atoms with Gasteiger partial charge in [-0.1, -0.05) is 41.9 Å². The second-order valence-electron chi connectivity index (χ2n) is 5.50. The average Bonchev–Trinajstić information content (AvgIpc) is 2.64. The molecule has 3 aromatic rings. The maximum atomic E-state index is 6.01. The molecule has 4 nitrogen and oxygen atoms in total. The highest BCUT2D eigenvalue weighted by molar-refractivity contribution is 6.30. The fourth-order valence-electron chi connectivity index (χ4n) is 2.38. The monoisotopic (exact) mass is 353 g/mol. The maximum Gasteiger partial charge on any atom is 0.153 e. The first-order valence-corrected chi connectivity index (χ1v) is 8.55. The highest BCUT2D eigenvalue weighted by atomic mass is 35.5. The highest BCUT2D eigenvalue weighted by Crippen LogP contribution is 2.27. The number of rotatable bonds is 7. The van der Waals surface area contributed by atoms with Crippen molar-refractivity contribution in [1.82, 2.24) is 4.98 Å². The first-order valence-electron chi connectivity index (χ1n) is 8.18. The molecule has 5 heteroatoms. The highest BCUT2D eigenvalue weighted by Gasteiger charge is 2.05. The lowest BCUT2D eigenvalue weighted by Gasteiger charge is -2.13. The molecule has 0 bridgehead atoms. The first-order chi connectivity index (χ1) is 12.2. The van der Waals surface area contributed by atoms with Crippen LogP contribution in [-0.2, 0) is 6.61 Å². The molecule has 0 fully saturated rings. The number of benzene rings is 2. The van der Waals surface area contributed by atoms with Crippen LogP contribution in [-0.4, -0.2) is 11.5 Å². The SMILES string of the molecule is CCNc1cc(Cl)cnc1Nc1ccc(OCc2ccccc2)cc1. The Bertz CT molecular complexity index is 807. The van der Waals surface area contributed by atoms with E-state index < -0.39 is 0 Å². The molecule has 0 aliphatic carbocycles. The molecule has 0 saturated carbocycles. The smallest absolute Gasteiger partial charge is 0.153 e. The summed E-state index contributed by atoms with van der Waals surface area (Å²) < 4.78 is 5.80. The van der Waals surface area contributed by atoms with Gasteiger partial charge in [-0.05, 0) is 42.8 Å². The van der Waals surface area contributed by atoms with Crippen LogP contribution in [0, 0.1) is 0 Å². The van der Waals surface area contributed by atoms with E-state index in [1.54, 1.807) is 6.20 Å². The zero-order chi connectivity index (χ0) is 17.5. The van der Waals surface area contributed by atoms with Crippen LogP contribution in [0.3, 0.4) is 0 Å². The topological polar surface area (TPSA) is 46.2 Å². The second kappa shape index (κ2) is 8.40. The van der Waals surface area contributed by atoms with Crippen molar-refractivity contribution in [2.24, 2.45) is 0 Å². The van der Waals surface area contributed by atoms with Crippen LogP contribution in [0.5, 0.6) is 5.75 Å². The lowest BCUT2D eigenvalue weighted by atomic mass is 10.2. The minimum Gasteiger partial charge on any atom is -0.489 e. The van der Waals surface area contributed by atoms with Crippen molar-refractivity contribution in [1.29, 1.82) is 0 Å². The summed E-state index contributed by atoms with van der Waals surface area (Å²) in [6, 6.07) is 19.8. The average molecular weight is 354 g/mol. The Morgan fingerprint density at radius 3 is 2.52 bits per heavy atom. The zero-order valence-corrected chi connectivity index (χ0v) is 14.8. The number of nitrogens with one attached hydrogen (secondary N) is 2. The number of hydrogen-bond donors (Lipinski definition) is 2. The van der Waals surface area contributed by atoms with E-state index in [9.17, 15) is 0 Å². The van der Waals surface area contributed by atoms with Crippen LogP contribution in [0.2, 0.25) is 5.02 Å². The third kappa shape index (κ3) is 4.88. The molecule has 1 aromatic heterocycles. The lowest BCUT2D eigenvalue weighted by molar-refractivity contribution is 0.306. The minimum atomic E-state index is 0.553. The van der Waals surface area contributed by atoms with Crippen molar-refractivity contribution >= 4 is 28.8 Å². The summed E-state index contributed by atoms with van der Waals surface area (Å²) in [7, 11) is 0. The van der Waals surface area contributed by atoms with Crippen LogP contribution < -0.4 is 15.4 Å². The Hall–Kier alpha value is -2.72. The number of nitrogens with zero attached hydrogens (tertiary/aromatic N) is 1. The van der Waals surface area contributed by atoms with Gasteiger partial charge in [-0.25, -0.2) is 4.98 Å². The summed E-state index contributed by atoms with van der Waals surface area (Å²) in [4.78, 5) is 4.35. The number of ether oxygens (including phenoxy) is 1. The van der Waals surface area contributed by atoms with Gasteiger partial charge < -0.3 is 15.4 Å². The Morgan fingerprint density at radius 2 is 1.80 bits per heavy atom. The normalized spacial score (nSPS) is 10.3. The van der Waals surface area contributed by atoms with Gasteiger partial charge in [0, 0.05) is 18.4 Å². The summed E-state index contributed by atoms with van der Waals surface area (Å²) in [5.41, 5.74) is 2.95. The van der Waals surface area contributed by atoms with Crippen molar-refractivity contribution < 1.29 is 4.74 Å². The molecule has 2 aromatic carbocycles. The molecule has 0 unspecified atom stereocenters. The quantitative estimate of drug-likeness (QED) is 0.589. The Balaban J connectivity index is 1.65. The molecule has 0 amide bonds. The van der Waals surface area contributed by atoms with Crippen LogP contribution in [0.15, 0.2) is 66.9 Å². The van der Waals surface area contributed by atoms with Gasteiger partial charge in [-0.2, -0.15) is 0 Å². The molecule has 0 atom stereocenters. The third-order valence-electron chi connectivity index (χ3n) is 3.59. The minimum absolute atomic E-state index is 0.553.